The third-order valence-corrected chi connectivity index (χ3v) is 5.74. The van der Waals surface area contributed by atoms with E-state index < -0.39 is 48.8 Å². The number of benzene rings is 2. The molecule has 11 nitrogen and oxygen atoms in total. The number of aromatic carboxylic acids is 1. The van der Waals surface area contributed by atoms with Crippen molar-refractivity contribution in [2.24, 2.45) is 0 Å². The number of carboxylic acids is 1. The molecule has 2 aromatic rings. The fourth-order valence-electron chi connectivity index (χ4n) is 2.78. The Hall–Kier alpha value is -3.51. The van der Waals surface area contributed by atoms with Crippen molar-refractivity contribution in [3.8, 4) is 0 Å². The molecule has 0 saturated heterocycles. The first-order chi connectivity index (χ1) is 15.3. The van der Waals surface area contributed by atoms with Gasteiger partial charge in [-0.1, -0.05) is 30.3 Å². The van der Waals surface area contributed by atoms with E-state index in [-0.39, 0.29) is 19.6 Å². The van der Waals surface area contributed by atoms with Gasteiger partial charge < -0.3 is 14.7 Å². The van der Waals surface area contributed by atoms with Crippen LogP contribution in [-0.4, -0.2) is 54.1 Å². The number of amides is 1. The predicted molar refractivity (Wildman–Crippen MR) is 118 cm³/mol. The standard InChI is InChI=1S/C21H25N3O8S/c1-21(2,3)32-20(27)23(14-15-7-5-4-6-8-15)12-11-22-33(30,31)18-10-9-16(19(25)26)13-17(18)24(28)29/h4-10,13,22H,11-12,14H2,1-3H3,(H,25,26). The summed E-state index contributed by atoms with van der Waals surface area (Å²) in [6.45, 7) is 4.93. The summed E-state index contributed by atoms with van der Waals surface area (Å²) in [6.07, 6.45) is -0.651. The molecule has 0 aliphatic rings. The lowest BCUT2D eigenvalue weighted by Crippen LogP contribution is -2.41. The Morgan fingerprint density at radius 1 is 1.15 bits per heavy atom. The number of carbonyl (C=O) groups is 2. The molecule has 0 aromatic heterocycles. The number of ether oxygens (including phenoxy) is 1. The smallest absolute Gasteiger partial charge is 0.410 e. The molecule has 33 heavy (non-hydrogen) atoms. The van der Waals surface area contributed by atoms with E-state index in [4.69, 9.17) is 9.84 Å². The van der Waals surface area contributed by atoms with E-state index in [1.54, 1.807) is 45.0 Å². The first kappa shape index (κ1) is 25.7. The van der Waals surface area contributed by atoms with Gasteiger partial charge in [0.15, 0.2) is 4.90 Å². The summed E-state index contributed by atoms with van der Waals surface area (Å²) in [6, 6.07) is 11.5. The minimum Gasteiger partial charge on any atom is -0.478 e. The maximum Gasteiger partial charge on any atom is 0.410 e. The molecule has 2 N–H and O–H groups in total. The number of nitrogens with zero attached hydrogens (tertiary/aromatic N) is 2. The Kier molecular flexibility index (Phi) is 8.12. The molecule has 0 unspecified atom stereocenters. The summed E-state index contributed by atoms with van der Waals surface area (Å²) >= 11 is 0. The number of hydrogen-bond donors (Lipinski definition) is 2. The van der Waals surface area contributed by atoms with Crippen molar-refractivity contribution in [3.05, 3.63) is 69.8 Å². The highest BCUT2D eigenvalue weighted by Crippen LogP contribution is 2.25. The van der Waals surface area contributed by atoms with Gasteiger partial charge in [0.1, 0.15) is 5.60 Å². The number of carbonyl (C=O) groups excluding carboxylic acids is 1. The molecule has 0 atom stereocenters. The molecule has 0 spiro atoms. The Labute approximate surface area is 191 Å². The van der Waals surface area contributed by atoms with E-state index >= 15 is 0 Å². The van der Waals surface area contributed by atoms with E-state index in [0.29, 0.717) is 6.07 Å². The summed E-state index contributed by atoms with van der Waals surface area (Å²) < 4.78 is 33.0. The highest BCUT2D eigenvalue weighted by atomic mass is 32.2. The van der Waals surface area contributed by atoms with Gasteiger partial charge in [0.05, 0.1) is 10.5 Å². The monoisotopic (exact) mass is 479 g/mol. The van der Waals surface area contributed by atoms with Crippen LogP contribution < -0.4 is 4.72 Å². The highest BCUT2D eigenvalue weighted by molar-refractivity contribution is 7.89. The topological polar surface area (TPSA) is 156 Å². The van der Waals surface area contributed by atoms with Crippen LogP contribution in [0, 0.1) is 10.1 Å². The van der Waals surface area contributed by atoms with E-state index in [2.05, 4.69) is 4.72 Å². The van der Waals surface area contributed by atoms with Crippen LogP contribution in [0.4, 0.5) is 10.5 Å². The highest BCUT2D eigenvalue weighted by Gasteiger charge is 2.28. The largest absolute Gasteiger partial charge is 0.478 e. The fraction of sp³-hybridized carbons (Fsp3) is 0.333. The van der Waals surface area contributed by atoms with Crippen molar-refractivity contribution in [2.45, 2.75) is 37.8 Å². The molecule has 12 heteroatoms. The summed E-state index contributed by atoms with van der Waals surface area (Å²) in [5, 5.41) is 20.3. The minimum atomic E-state index is -4.37. The third-order valence-electron chi connectivity index (χ3n) is 4.23. The second-order valence-corrected chi connectivity index (χ2v) is 9.77. The lowest BCUT2D eigenvalue weighted by Gasteiger charge is -2.27. The molecular formula is C21H25N3O8S. The van der Waals surface area contributed by atoms with Crippen molar-refractivity contribution in [1.29, 1.82) is 0 Å². The van der Waals surface area contributed by atoms with Gasteiger partial charge in [-0.25, -0.2) is 22.7 Å². The molecule has 0 fully saturated rings. The molecule has 178 valence electrons. The average molecular weight is 480 g/mol. The summed E-state index contributed by atoms with van der Waals surface area (Å²) in [7, 11) is -4.37. The molecule has 0 heterocycles. The van der Waals surface area contributed by atoms with Crippen LogP contribution in [-0.2, 0) is 21.3 Å². The first-order valence-corrected chi connectivity index (χ1v) is 11.3. The predicted octanol–water partition coefficient (Wildman–Crippen LogP) is 3.01. The average Bonchev–Trinajstić information content (AvgIpc) is 2.71. The maximum atomic E-state index is 12.7. The molecule has 0 saturated carbocycles. The van der Waals surface area contributed by atoms with Gasteiger partial charge in [-0.2, -0.15) is 0 Å². The molecular weight excluding hydrogens is 454 g/mol. The van der Waals surface area contributed by atoms with Crippen LogP contribution in [0.2, 0.25) is 0 Å². The maximum absolute atomic E-state index is 12.7. The number of nitro benzene ring substituents is 1. The SMILES string of the molecule is CC(C)(C)OC(=O)N(CCNS(=O)(=O)c1ccc(C(=O)O)cc1[N+](=O)[O-])Cc1ccccc1. The molecule has 0 radical (unpaired) electrons. The van der Waals surface area contributed by atoms with Gasteiger partial charge in [-0.05, 0) is 38.5 Å². The van der Waals surface area contributed by atoms with Crippen molar-refractivity contribution < 1.29 is 32.8 Å². The molecule has 2 aromatic carbocycles. The van der Waals surface area contributed by atoms with Crippen LogP contribution >= 0.6 is 0 Å². The van der Waals surface area contributed by atoms with Crippen LogP contribution in [0.15, 0.2) is 53.4 Å². The zero-order chi connectivity index (χ0) is 24.8. The quantitative estimate of drug-likeness (QED) is 0.410. The van der Waals surface area contributed by atoms with Crippen LogP contribution in [0.1, 0.15) is 36.7 Å². The number of nitrogens with one attached hydrogen (secondary N) is 1. The van der Waals surface area contributed by atoms with Crippen molar-refractivity contribution in [2.75, 3.05) is 13.1 Å². The number of hydrogen-bond acceptors (Lipinski definition) is 7. The van der Waals surface area contributed by atoms with Gasteiger partial charge >= 0.3 is 12.1 Å². The second kappa shape index (κ2) is 10.4. The normalized spacial score (nSPS) is 11.6. The number of carboxylic acid groups (broad SMARTS) is 1. The molecule has 0 bridgehead atoms. The zero-order valence-electron chi connectivity index (χ0n) is 18.3. The minimum absolute atomic E-state index is 0.0793. The number of rotatable bonds is 9. The van der Waals surface area contributed by atoms with Crippen molar-refractivity contribution in [1.82, 2.24) is 9.62 Å². The van der Waals surface area contributed by atoms with Gasteiger partial charge in [0.25, 0.3) is 5.69 Å². The molecule has 0 aliphatic heterocycles. The van der Waals surface area contributed by atoms with Crippen LogP contribution in [0.3, 0.4) is 0 Å². The van der Waals surface area contributed by atoms with E-state index in [1.165, 1.54) is 4.90 Å². The summed E-state index contributed by atoms with van der Waals surface area (Å²) in [5.74, 6) is -1.43. The summed E-state index contributed by atoms with van der Waals surface area (Å²) in [5.41, 5.74) is -1.25. The van der Waals surface area contributed by atoms with E-state index in [9.17, 15) is 28.1 Å². The lowest BCUT2D eigenvalue weighted by molar-refractivity contribution is -0.387. The van der Waals surface area contributed by atoms with Gasteiger partial charge in [-0.3, -0.25) is 10.1 Å². The summed E-state index contributed by atoms with van der Waals surface area (Å²) in [4.78, 5) is 34.6. The van der Waals surface area contributed by atoms with E-state index in [0.717, 1.165) is 17.7 Å². The van der Waals surface area contributed by atoms with Crippen molar-refractivity contribution in [3.63, 3.8) is 0 Å². The van der Waals surface area contributed by atoms with Gasteiger partial charge in [0.2, 0.25) is 10.0 Å². The van der Waals surface area contributed by atoms with Crippen LogP contribution in [0.25, 0.3) is 0 Å². The Morgan fingerprint density at radius 3 is 2.33 bits per heavy atom. The Bertz CT molecular complexity index is 1130. The first-order valence-electron chi connectivity index (χ1n) is 9.83. The van der Waals surface area contributed by atoms with Crippen LogP contribution in [0.5, 0.6) is 0 Å². The molecule has 2 rings (SSSR count). The zero-order valence-corrected chi connectivity index (χ0v) is 19.2. The van der Waals surface area contributed by atoms with Gasteiger partial charge in [0, 0.05) is 25.7 Å². The Balaban J connectivity index is 2.20. The van der Waals surface area contributed by atoms with Gasteiger partial charge in [-0.15, -0.1) is 0 Å². The molecule has 0 aliphatic carbocycles. The number of sulfonamides is 1. The third kappa shape index (κ3) is 7.54. The lowest BCUT2D eigenvalue weighted by atomic mass is 10.2. The number of nitro groups is 1. The second-order valence-electron chi connectivity index (χ2n) is 8.03. The van der Waals surface area contributed by atoms with Crippen molar-refractivity contribution >= 4 is 27.8 Å². The van der Waals surface area contributed by atoms with E-state index in [1.807, 2.05) is 6.07 Å². The fourth-order valence-corrected chi connectivity index (χ4v) is 3.95. The Morgan fingerprint density at radius 2 is 1.79 bits per heavy atom. The molecule has 1 amide bonds.